The van der Waals surface area contributed by atoms with E-state index in [0.29, 0.717) is 55.2 Å². The number of aromatic nitrogens is 1. The molecule has 1 aromatic carbocycles. The molecule has 1 saturated carbocycles. The summed E-state index contributed by atoms with van der Waals surface area (Å²) in [7, 11) is 0. The number of carbonyl (C=O) groups excluding carboxylic acids is 2. The van der Waals surface area contributed by atoms with Gasteiger partial charge in [0, 0.05) is 12.6 Å². The highest BCUT2D eigenvalue weighted by atomic mass is 32.1. The predicted octanol–water partition coefficient (Wildman–Crippen LogP) is 6.01. The van der Waals surface area contributed by atoms with Crippen molar-refractivity contribution in [1.29, 1.82) is 0 Å². The van der Waals surface area contributed by atoms with Crippen molar-refractivity contribution in [2.45, 2.75) is 85.0 Å². The van der Waals surface area contributed by atoms with Gasteiger partial charge in [0.15, 0.2) is 11.5 Å². The first kappa shape index (κ1) is 28.3. The summed E-state index contributed by atoms with van der Waals surface area (Å²) in [6.07, 6.45) is 4.14. The second kappa shape index (κ2) is 11.7. The van der Waals surface area contributed by atoms with Crippen molar-refractivity contribution in [3.63, 3.8) is 0 Å². The lowest BCUT2D eigenvalue weighted by Crippen LogP contribution is -2.64. The average molecular weight is 568 g/mol. The summed E-state index contributed by atoms with van der Waals surface area (Å²) in [5.74, 6) is 2.12. The van der Waals surface area contributed by atoms with Gasteiger partial charge >= 0.3 is 0 Å². The highest BCUT2D eigenvalue weighted by Gasteiger charge is 2.48. The quantitative estimate of drug-likeness (QED) is 0.325. The Morgan fingerprint density at radius 1 is 1.02 bits per heavy atom. The fourth-order valence-corrected chi connectivity index (χ4v) is 6.81. The van der Waals surface area contributed by atoms with Crippen molar-refractivity contribution in [2.75, 3.05) is 19.8 Å². The van der Waals surface area contributed by atoms with Gasteiger partial charge in [-0.1, -0.05) is 6.92 Å². The minimum atomic E-state index is -1.09. The van der Waals surface area contributed by atoms with Gasteiger partial charge in [-0.3, -0.25) is 9.59 Å². The number of hydrogen-bond acceptors (Lipinski definition) is 6. The van der Waals surface area contributed by atoms with Crippen LogP contribution < -0.4 is 19.5 Å². The monoisotopic (exact) mass is 567 g/mol. The number of ether oxygens (including phenoxy) is 3. The van der Waals surface area contributed by atoms with Gasteiger partial charge in [0.1, 0.15) is 11.2 Å². The summed E-state index contributed by atoms with van der Waals surface area (Å²) < 4.78 is 20.8. The molecule has 8 nitrogen and oxygen atoms in total. The van der Waals surface area contributed by atoms with Gasteiger partial charge in [-0.05, 0) is 94.5 Å². The number of thiophene rings is 1. The number of fused-ring (bicyclic) bond motifs is 3. The molecule has 1 aliphatic heterocycles. The van der Waals surface area contributed by atoms with Crippen molar-refractivity contribution >= 4 is 33.4 Å². The van der Waals surface area contributed by atoms with Crippen LogP contribution in [-0.2, 0) is 17.9 Å². The van der Waals surface area contributed by atoms with E-state index in [1.54, 1.807) is 16.2 Å². The van der Waals surface area contributed by atoms with E-state index >= 15 is 0 Å². The Balaban J connectivity index is 1.54. The van der Waals surface area contributed by atoms with Crippen LogP contribution in [-0.4, -0.2) is 52.7 Å². The molecule has 3 heterocycles. The van der Waals surface area contributed by atoms with Crippen LogP contribution in [0.2, 0.25) is 0 Å². The molecule has 0 saturated heterocycles. The molecule has 0 bridgehead atoms. The molecule has 1 fully saturated rings. The number of nitrogens with zero attached hydrogens (tertiary/aromatic N) is 2. The molecular formula is C31H41N3O5S. The second-order valence-electron chi connectivity index (χ2n) is 11.1. The summed E-state index contributed by atoms with van der Waals surface area (Å²) >= 11 is 1.61. The predicted molar refractivity (Wildman–Crippen MR) is 158 cm³/mol. The molecule has 0 radical (unpaired) electrons. The lowest BCUT2D eigenvalue weighted by molar-refractivity contribution is -0.134. The topological polar surface area (TPSA) is 82.0 Å². The molecule has 2 aliphatic rings. The lowest BCUT2D eigenvalue weighted by atomic mass is 9.86. The zero-order valence-electron chi connectivity index (χ0n) is 24.2. The summed E-state index contributed by atoms with van der Waals surface area (Å²) in [4.78, 5) is 30.0. The molecule has 9 heteroatoms. The third-order valence-corrected chi connectivity index (χ3v) is 9.05. The maximum absolute atomic E-state index is 14.2. The molecule has 2 amide bonds. The Hall–Kier alpha value is -3.20. The first-order valence-corrected chi connectivity index (χ1v) is 15.4. The van der Waals surface area contributed by atoms with Crippen molar-refractivity contribution in [3.8, 4) is 17.2 Å². The third-order valence-electron chi connectivity index (χ3n) is 8.20. The standard InChI is InChI=1S/C31H41N3O5S/c1-6-37-25-15-21(16-26(38-7-2)28(25)39-8-3)18-34-29(35)24-17-27-23(13-14-40-27)33(24)19-31(34,5)30(36)32-22-11-9-20(4)10-12-22/h13-17,20,22H,6-12,18-19H2,1-5H3,(H,32,36)/t20?,22?,31-/m0/s1. The Labute approximate surface area is 240 Å². The van der Waals surface area contributed by atoms with Gasteiger partial charge in [-0.2, -0.15) is 0 Å². The van der Waals surface area contributed by atoms with Crippen molar-refractivity contribution < 1.29 is 23.8 Å². The number of amides is 2. The van der Waals surface area contributed by atoms with E-state index in [0.717, 1.165) is 41.5 Å². The highest BCUT2D eigenvalue weighted by Crippen LogP contribution is 2.41. The fourth-order valence-electron chi connectivity index (χ4n) is 5.98. The fraction of sp³-hybridized carbons (Fsp3) is 0.548. The normalized spacial score (nSPS) is 22.7. The number of benzene rings is 1. The van der Waals surface area contributed by atoms with Gasteiger partial charge in [0.2, 0.25) is 11.7 Å². The molecule has 1 N–H and O–H groups in total. The molecule has 1 aliphatic carbocycles. The number of rotatable bonds is 10. The molecule has 1 atom stereocenters. The third kappa shape index (κ3) is 5.28. The van der Waals surface area contributed by atoms with E-state index in [2.05, 4.69) is 12.2 Å². The minimum Gasteiger partial charge on any atom is -0.490 e. The Bertz CT molecular complexity index is 1350. The molecule has 5 rings (SSSR count). The van der Waals surface area contributed by atoms with Gasteiger partial charge in [-0.15, -0.1) is 11.3 Å². The van der Waals surface area contributed by atoms with Crippen LogP contribution in [0, 0.1) is 5.92 Å². The summed E-state index contributed by atoms with van der Waals surface area (Å²) in [5, 5.41) is 5.35. The van der Waals surface area contributed by atoms with Crippen molar-refractivity contribution in [3.05, 3.63) is 40.9 Å². The number of carbonyl (C=O) groups is 2. The van der Waals surface area contributed by atoms with E-state index in [1.165, 1.54) is 0 Å². The SMILES string of the molecule is CCOc1cc(CN2C(=O)c3cc4sccc4n3C[C@@]2(C)C(=O)NC2CCC(C)CC2)cc(OCC)c1OCC. The van der Waals surface area contributed by atoms with Gasteiger partial charge < -0.3 is 29.0 Å². The van der Waals surface area contributed by atoms with E-state index in [-0.39, 0.29) is 24.4 Å². The van der Waals surface area contributed by atoms with Crippen LogP contribution in [0.3, 0.4) is 0 Å². The zero-order chi connectivity index (χ0) is 28.4. The molecule has 216 valence electrons. The largest absolute Gasteiger partial charge is 0.490 e. The molecule has 2 aromatic heterocycles. The lowest BCUT2D eigenvalue weighted by Gasteiger charge is -2.45. The average Bonchev–Trinajstić information content (AvgIpc) is 3.52. The van der Waals surface area contributed by atoms with Crippen molar-refractivity contribution in [1.82, 2.24) is 14.8 Å². The van der Waals surface area contributed by atoms with Crippen molar-refractivity contribution in [2.24, 2.45) is 5.92 Å². The van der Waals surface area contributed by atoms with E-state index in [1.807, 2.05) is 61.9 Å². The molecular weight excluding hydrogens is 526 g/mol. The van der Waals surface area contributed by atoms with Crippen LogP contribution in [0.5, 0.6) is 17.2 Å². The summed E-state index contributed by atoms with van der Waals surface area (Å²) in [6.45, 7) is 11.9. The summed E-state index contributed by atoms with van der Waals surface area (Å²) in [6, 6.07) is 7.91. The van der Waals surface area contributed by atoms with Crippen LogP contribution in [0.1, 0.15) is 76.4 Å². The molecule has 40 heavy (non-hydrogen) atoms. The van der Waals surface area contributed by atoms with E-state index < -0.39 is 5.54 Å². The summed E-state index contributed by atoms with van der Waals surface area (Å²) in [5.41, 5.74) is 1.34. The molecule has 3 aromatic rings. The van der Waals surface area contributed by atoms with Crippen LogP contribution in [0.15, 0.2) is 29.6 Å². The Morgan fingerprint density at radius 3 is 2.30 bits per heavy atom. The Morgan fingerprint density at radius 2 is 1.68 bits per heavy atom. The second-order valence-corrected chi connectivity index (χ2v) is 12.0. The maximum Gasteiger partial charge on any atom is 0.271 e. The number of hydrogen-bond donors (Lipinski definition) is 1. The Kier molecular flexibility index (Phi) is 8.31. The number of nitrogens with one attached hydrogen (secondary N) is 1. The zero-order valence-corrected chi connectivity index (χ0v) is 25.1. The first-order chi connectivity index (χ1) is 19.3. The highest BCUT2D eigenvalue weighted by molar-refractivity contribution is 7.17. The van der Waals surface area contributed by atoms with Gasteiger partial charge in [-0.25, -0.2) is 0 Å². The first-order valence-electron chi connectivity index (χ1n) is 14.5. The smallest absolute Gasteiger partial charge is 0.271 e. The van der Waals surface area contributed by atoms with Gasteiger partial charge in [0.25, 0.3) is 5.91 Å². The van der Waals surface area contributed by atoms with E-state index in [9.17, 15) is 9.59 Å². The van der Waals surface area contributed by atoms with Crippen LogP contribution in [0.25, 0.3) is 10.2 Å². The molecule has 0 unspecified atom stereocenters. The van der Waals surface area contributed by atoms with E-state index in [4.69, 9.17) is 14.2 Å². The maximum atomic E-state index is 14.2. The van der Waals surface area contributed by atoms with Crippen LogP contribution in [0.4, 0.5) is 0 Å². The molecule has 0 spiro atoms. The minimum absolute atomic E-state index is 0.107. The van der Waals surface area contributed by atoms with Crippen LogP contribution >= 0.6 is 11.3 Å². The van der Waals surface area contributed by atoms with Gasteiger partial charge in [0.05, 0.1) is 36.6 Å².